The number of likely N-dealkylation sites (N-methyl/N-ethyl adjacent to an activating group) is 1. The van der Waals surface area contributed by atoms with Crippen molar-refractivity contribution in [3.05, 3.63) is 48.0 Å². The van der Waals surface area contributed by atoms with Crippen LogP contribution in [0.3, 0.4) is 0 Å². The molecule has 1 N–H and O–H groups in total. The summed E-state index contributed by atoms with van der Waals surface area (Å²) in [6.45, 7) is 1.71. The molecule has 0 aliphatic rings. The Morgan fingerprint density at radius 1 is 1.09 bits per heavy atom. The van der Waals surface area contributed by atoms with E-state index in [2.05, 4.69) is 15.2 Å². The quantitative estimate of drug-likeness (QED) is 0.778. The Morgan fingerprint density at radius 2 is 1.83 bits per heavy atom. The Balaban J connectivity index is 1.86. The van der Waals surface area contributed by atoms with Crippen LogP contribution in [0.1, 0.15) is 0 Å². The topological polar surface area (TPSA) is 41.3 Å². The Morgan fingerprint density at radius 3 is 2.52 bits per heavy atom. The monoisotopic (exact) mass is 317 g/mol. The summed E-state index contributed by atoms with van der Waals surface area (Å²) in [7, 11) is 4.01. The van der Waals surface area contributed by atoms with Gasteiger partial charge in [-0.15, -0.1) is 0 Å². The van der Waals surface area contributed by atoms with Crippen LogP contribution in [0.5, 0.6) is 0 Å². The Hall–Kier alpha value is -2.47. The molecule has 0 saturated heterocycles. The molecule has 1 aromatic heterocycles. The van der Waals surface area contributed by atoms with Crippen LogP contribution in [0.4, 0.5) is 14.5 Å². The highest BCUT2D eigenvalue weighted by molar-refractivity contribution is 5.79. The molecule has 3 aromatic rings. The largest absolute Gasteiger partial charge is 0.436 e. The second-order valence-electron chi connectivity index (χ2n) is 5.59. The van der Waals surface area contributed by atoms with E-state index >= 15 is 0 Å². The number of oxazole rings is 1. The van der Waals surface area contributed by atoms with E-state index in [1.807, 2.05) is 32.3 Å². The normalized spacial score (nSPS) is 11.3. The minimum atomic E-state index is -0.659. The van der Waals surface area contributed by atoms with E-state index in [0.717, 1.165) is 24.8 Å². The van der Waals surface area contributed by atoms with Gasteiger partial charge in [0.05, 0.1) is 0 Å². The maximum atomic E-state index is 13.3. The van der Waals surface area contributed by atoms with Crippen LogP contribution in [-0.4, -0.2) is 37.1 Å². The average molecular weight is 317 g/mol. The second-order valence-corrected chi connectivity index (χ2v) is 5.59. The number of aromatic nitrogens is 1. The third-order valence-electron chi connectivity index (χ3n) is 3.39. The molecule has 0 atom stereocenters. The summed E-state index contributed by atoms with van der Waals surface area (Å²) >= 11 is 0. The highest BCUT2D eigenvalue weighted by Crippen LogP contribution is 2.27. The lowest BCUT2D eigenvalue weighted by atomic mass is 10.2. The maximum absolute atomic E-state index is 13.3. The molecule has 1 heterocycles. The number of nitrogens with zero attached hydrogens (tertiary/aromatic N) is 2. The standard InChI is InChI=1S/C17H17F2N3O/c1-22(2)6-5-20-14-3-4-15-16(10-14)23-17(21-15)11-7-12(18)9-13(19)8-11/h3-4,7-10,20H,5-6H2,1-2H3. The lowest BCUT2D eigenvalue weighted by Crippen LogP contribution is -2.20. The first-order chi connectivity index (χ1) is 11.0. The second kappa shape index (κ2) is 6.34. The van der Waals surface area contributed by atoms with Gasteiger partial charge >= 0.3 is 0 Å². The van der Waals surface area contributed by atoms with Crippen LogP contribution in [0.25, 0.3) is 22.6 Å². The van der Waals surface area contributed by atoms with Crippen molar-refractivity contribution < 1.29 is 13.2 Å². The SMILES string of the molecule is CN(C)CCNc1ccc2nc(-c3cc(F)cc(F)c3)oc2c1. The molecule has 120 valence electrons. The Bertz CT molecular complexity index is 810. The summed E-state index contributed by atoms with van der Waals surface area (Å²) in [5.41, 5.74) is 2.40. The summed E-state index contributed by atoms with van der Waals surface area (Å²) in [4.78, 5) is 6.36. The van der Waals surface area contributed by atoms with Gasteiger partial charge in [-0.2, -0.15) is 0 Å². The van der Waals surface area contributed by atoms with Gasteiger partial charge in [0.15, 0.2) is 5.58 Å². The van der Waals surface area contributed by atoms with Gasteiger partial charge in [0, 0.05) is 36.5 Å². The molecule has 2 aromatic carbocycles. The van der Waals surface area contributed by atoms with Crippen LogP contribution in [0.2, 0.25) is 0 Å². The first kappa shape index (κ1) is 15.4. The number of hydrogen-bond donors (Lipinski definition) is 1. The molecule has 0 aliphatic heterocycles. The van der Waals surface area contributed by atoms with E-state index in [1.54, 1.807) is 0 Å². The Kier molecular flexibility index (Phi) is 4.25. The van der Waals surface area contributed by atoms with Gasteiger partial charge in [0.1, 0.15) is 17.2 Å². The molecule has 23 heavy (non-hydrogen) atoms. The number of benzene rings is 2. The molecule has 0 aliphatic carbocycles. The van der Waals surface area contributed by atoms with Crippen molar-refractivity contribution >= 4 is 16.8 Å². The zero-order valence-electron chi connectivity index (χ0n) is 12.9. The summed E-state index contributed by atoms with van der Waals surface area (Å²) in [5.74, 6) is -1.12. The van der Waals surface area contributed by atoms with Gasteiger partial charge < -0.3 is 14.6 Å². The number of halogens is 2. The zero-order chi connectivity index (χ0) is 16.4. The van der Waals surface area contributed by atoms with E-state index < -0.39 is 11.6 Å². The van der Waals surface area contributed by atoms with Gasteiger partial charge in [0.2, 0.25) is 5.89 Å². The molecule has 6 heteroatoms. The lowest BCUT2D eigenvalue weighted by Gasteiger charge is -2.10. The number of rotatable bonds is 5. The van der Waals surface area contributed by atoms with E-state index in [0.29, 0.717) is 11.1 Å². The predicted molar refractivity (Wildman–Crippen MR) is 86.4 cm³/mol. The van der Waals surface area contributed by atoms with Crippen LogP contribution < -0.4 is 5.32 Å². The van der Waals surface area contributed by atoms with E-state index in [9.17, 15) is 8.78 Å². The van der Waals surface area contributed by atoms with E-state index in [4.69, 9.17) is 4.42 Å². The fourth-order valence-electron chi connectivity index (χ4n) is 2.26. The molecular formula is C17H17F2N3O. The van der Waals surface area contributed by atoms with Crippen LogP contribution in [0, 0.1) is 11.6 Å². The van der Waals surface area contributed by atoms with Gasteiger partial charge in [-0.25, -0.2) is 13.8 Å². The van der Waals surface area contributed by atoms with Crippen molar-refractivity contribution in [2.75, 3.05) is 32.5 Å². The van der Waals surface area contributed by atoms with Crippen molar-refractivity contribution in [2.45, 2.75) is 0 Å². The molecule has 0 spiro atoms. The van der Waals surface area contributed by atoms with E-state index in [-0.39, 0.29) is 11.5 Å². The maximum Gasteiger partial charge on any atom is 0.227 e. The molecular weight excluding hydrogens is 300 g/mol. The molecule has 0 saturated carbocycles. The van der Waals surface area contributed by atoms with Crippen LogP contribution >= 0.6 is 0 Å². The van der Waals surface area contributed by atoms with Crippen molar-refractivity contribution in [2.24, 2.45) is 0 Å². The number of nitrogens with one attached hydrogen (secondary N) is 1. The van der Waals surface area contributed by atoms with E-state index in [1.165, 1.54) is 12.1 Å². The van der Waals surface area contributed by atoms with Crippen LogP contribution in [-0.2, 0) is 0 Å². The minimum absolute atomic E-state index is 0.198. The molecule has 0 amide bonds. The first-order valence-corrected chi connectivity index (χ1v) is 7.27. The number of hydrogen-bond acceptors (Lipinski definition) is 4. The fourth-order valence-corrected chi connectivity index (χ4v) is 2.26. The third kappa shape index (κ3) is 3.65. The average Bonchev–Trinajstić information content (AvgIpc) is 2.89. The lowest BCUT2D eigenvalue weighted by molar-refractivity contribution is 0.425. The Labute approximate surface area is 132 Å². The van der Waals surface area contributed by atoms with Crippen molar-refractivity contribution in [3.8, 4) is 11.5 Å². The summed E-state index contributed by atoms with van der Waals surface area (Å²) in [6.07, 6.45) is 0. The fraction of sp³-hybridized carbons (Fsp3) is 0.235. The molecule has 0 unspecified atom stereocenters. The minimum Gasteiger partial charge on any atom is -0.436 e. The van der Waals surface area contributed by atoms with Gasteiger partial charge in [0.25, 0.3) is 0 Å². The van der Waals surface area contributed by atoms with Crippen molar-refractivity contribution in [3.63, 3.8) is 0 Å². The summed E-state index contributed by atoms with van der Waals surface area (Å²) in [5, 5.41) is 3.29. The molecule has 3 rings (SSSR count). The van der Waals surface area contributed by atoms with Gasteiger partial charge in [-0.1, -0.05) is 0 Å². The molecule has 4 nitrogen and oxygen atoms in total. The predicted octanol–water partition coefficient (Wildman–Crippen LogP) is 3.75. The highest BCUT2D eigenvalue weighted by Gasteiger charge is 2.11. The molecule has 0 radical (unpaired) electrons. The van der Waals surface area contributed by atoms with Gasteiger partial charge in [-0.3, -0.25) is 0 Å². The van der Waals surface area contributed by atoms with Crippen LogP contribution in [0.15, 0.2) is 40.8 Å². The summed E-state index contributed by atoms with van der Waals surface area (Å²) < 4.78 is 32.3. The summed E-state index contributed by atoms with van der Waals surface area (Å²) in [6, 6.07) is 8.76. The number of fused-ring (bicyclic) bond motifs is 1. The van der Waals surface area contributed by atoms with Gasteiger partial charge in [-0.05, 0) is 38.4 Å². The van der Waals surface area contributed by atoms with Crippen molar-refractivity contribution in [1.29, 1.82) is 0 Å². The zero-order valence-corrected chi connectivity index (χ0v) is 12.9. The van der Waals surface area contributed by atoms with Crippen molar-refractivity contribution in [1.82, 2.24) is 9.88 Å². The smallest absolute Gasteiger partial charge is 0.227 e. The third-order valence-corrected chi connectivity index (χ3v) is 3.39. The molecule has 0 bridgehead atoms. The molecule has 0 fully saturated rings. The first-order valence-electron chi connectivity index (χ1n) is 7.27. The highest BCUT2D eigenvalue weighted by atomic mass is 19.1. The number of anilines is 1.